The van der Waals surface area contributed by atoms with E-state index in [0.717, 1.165) is 16.8 Å². The first kappa shape index (κ1) is 17.6. The number of rotatable bonds is 7. The summed E-state index contributed by atoms with van der Waals surface area (Å²) >= 11 is -1.32. The third kappa shape index (κ3) is 4.07. The number of carbonyl (C=O) groups is 1. The van der Waals surface area contributed by atoms with Crippen molar-refractivity contribution in [3.05, 3.63) is 47.5 Å². The number of methoxy groups -OCH3 is 2. The quantitative estimate of drug-likeness (QED) is 0.739. The van der Waals surface area contributed by atoms with Gasteiger partial charge in [0.05, 0.1) is 32.0 Å². The van der Waals surface area contributed by atoms with Gasteiger partial charge in [-0.1, -0.05) is 6.07 Å². The van der Waals surface area contributed by atoms with Gasteiger partial charge in [-0.05, 0) is 41.8 Å². The number of hydrogen-bond donors (Lipinski definition) is 2. The third-order valence-corrected chi connectivity index (χ3v) is 5.16. The number of ether oxygens (including phenoxy) is 2. The maximum atomic E-state index is 12.4. The molecular weight excluding hydrogens is 340 g/mol. The Morgan fingerprint density at radius 3 is 2.72 bits per heavy atom. The second kappa shape index (κ2) is 7.77. The Hall–Kier alpha value is -2.22. The Morgan fingerprint density at radius 1 is 1.16 bits per heavy atom. The van der Waals surface area contributed by atoms with Gasteiger partial charge >= 0.3 is 0 Å². The number of nitrogens with one attached hydrogen (secondary N) is 2. The molecule has 1 aliphatic heterocycles. The largest absolute Gasteiger partial charge is 0.593 e. The number of fused-ring (bicyclic) bond motifs is 1. The lowest BCUT2D eigenvalue weighted by molar-refractivity contribution is -0.115. The van der Waals surface area contributed by atoms with Crippen LogP contribution in [0.5, 0.6) is 11.5 Å². The molecule has 0 bridgehead atoms. The number of anilines is 1. The fraction of sp³-hybridized carbons (Fsp3) is 0.278. The molecule has 132 valence electrons. The number of amides is 1. The summed E-state index contributed by atoms with van der Waals surface area (Å²) in [6, 6.07) is 11.1. The zero-order valence-corrected chi connectivity index (χ0v) is 14.9. The smallest absolute Gasteiger partial charge is 0.228 e. The van der Waals surface area contributed by atoms with Gasteiger partial charge in [-0.25, -0.2) is 0 Å². The highest BCUT2D eigenvalue weighted by molar-refractivity contribution is 7.89. The van der Waals surface area contributed by atoms with Gasteiger partial charge in [0.25, 0.3) is 0 Å². The molecular formula is C18H20N2O4S. The molecule has 3 rings (SSSR count). The molecule has 1 atom stereocenters. The highest BCUT2D eigenvalue weighted by atomic mass is 32.2. The topological polar surface area (TPSA) is 82.6 Å². The molecule has 0 aliphatic carbocycles. The van der Waals surface area contributed by atoms with Crippen molar-refractivity contribution < 1.29 is 18.8 Å². The van der Waals surface area contributed by atoms with Crippen molar-refractivity contribution in [3.63, 3.8) is 0 Å². The van der Waals surface area contributed by atoms with Gasteiger partial charge in [0, 0.05) is 18.3 Å². The number of hydrogen-bond acceptors (Lipinski definition) is 5. The van der Waals surface area contributed by atoms with Crippen molar-refractivity contribution in [2.24, 2.45) is 0 Å². The SMILES string of the molecule is COc1ccc(CCN[S+]([O-])c2ccc3c(c2)CC(=O)N3)cc1OC. The second-order valence-corrected chi connectivity index (χ2v) is 6.94. The maximum absolute atomic E-state index is 12.4. The van der Waals surface area contributed by atoms with Crippen molar-refractivity contribution in [1.82, 2.24) is 4.72 Å². The van der Waals surface area contributed by atoms with Crippen LogP contribution in [0, 0.1) is 0 Å². The highest BCUT2D eigenvalue weighted by Crippen LogP contribution is 2.28. The van der Waals surface area contributed by atoms with E-state index in [-0.39, 0.29) is 5.91 Å². The molecule has 1 heterocycles. The van der Waals surface area contributed by atoms with Gasteiger partial charge in [0.15, 0.2) is 16.4 Å². The zero-order valence-electron chi connectivity index (χ0n) is 14.1. The molecule has 0 spiro atoms. The van der Waals surface area contributed by atoms with Crippen LogP contribution >= 0.6 is 0 Å². The van der Waals surface area contributed by atoms with Crippen molar-refractivity contribution in [2.45, 2.75) is 17.7 Å². The van der Waals surface area contributed by atoms with Crippen molar-refractivity contribution >= 4 is 23.0 Å². The lowest BCUT2D eigenvalue weighted by Gasteiger charge is -2.12. The van der Waals surface area contributed by atoms with Gasteiger partial charge in [0.1, 0.15) is 0 Å². The van der Waals surface area contributed by atoms with E-state index in [2.05, 4.69) is 10.0 Å². The molecule has 0 saturated carbocycles. The van der Waals surface area contributed by atoms with E-state index in [4.69, 9.17) is 9.47 Å². The molecule has 2 aromatic rings. The van der Waals surface area contributed by atoms with Crippen LogP contribution in [0.1, 0.15) is 11.1 Å². The molecule has 0 radical (unpaired) electrons. The predicted molar refractivity (Wildman–Crippen MR) is 96.4 cm³/mol. The zero-order chi connectivity index (χ0) is 17.8. The van der Waals surface area contributed by atoms with Crippen molar-refractivity contribution in [3.8, 4) is 11.5 Å². The fourth-order valence-electron chi connectivity index (χ4n) is 2.73. The molecule has 6 nitrogen and oxygen atoms in total. The summed E-state index contributed by atoms with van der Waals surface area (Å²) in [5.74, 6) is 1.33. The first-order chi connectivity index (χ1) is 12.1. The Balaban J connectivity index is 1.57. The van der Waals surface area contributed by atoms with Crippen molar-refractivity contribution in [1.29, 1.82) is 0 Å². The minimum absolute atomic E-state index is 0.0284. The van der Waals surface area contributed by atoms with Gasteiger partial charge in [-0.3, -0.25) is 4.79 Å². The van der Waals surface area contributed by atoms with Gasteiger partial charge in [0.2, 0.25) is 5.91 Å². The first-order valence-corrected chi connectivity index (χ1v) is 9.04. The van der Waals surface area contributed by atoms with Crippen LogP contribution in [0.4, 0.5) is 5.69 Å². The second-order valence-electron chi connectivity index (χ2n) is 5.65. The summed E-state index contributed by atoms with van der Waals surface area (Å²) in [7, 11) is 3.20. The fourth-order valence-corrected chi connectivity index (χ4v) is 3.62. The molecule has 2 N–H and O–H groups in total. The normalized spacial score (nSPS) is 14.0. The average molecular weight is 360 g/mol. The van der Waals surface area contributed by atoms with Gasteiger partial charge in [-0.15, -0.1) is 4.72 Å². The predicted octanol–water partition coefficient (Wildman–Crippen LogP) is 2.05. The van der Waals surface area contributed by atoms with Crippen LogP contribution in [-0.4, -0.2) is 31.2 Å². The molecule has 7 heteroatoms. The Labute approximate surface area is 149 Å². The van der Waals surface area contributed by atoms with Crippen LogP contribution in [0.25, 0.3) is 0 Å². The van der Waals surface area contributed by atoms with Crippen LogP contribution in [-0.2, 0) is 29.0 Å². The maximum Gasteiger partial charge on any atom is 0.228 e. The standard InChI is InChI=1S/C18H20N2O4S/c1-23-16-6-3-12(9-17(16)24-2)7-8-19-25(22)14-4-5-15-13(10-14)11-18(21)20-15/h3-6,9-10,19H,7-8,11H2,1-2H3,(H,20,21). The Bertz CT molecular complexity index is 782. The summed E-state index contributed by atoms with van der Waals surface area (Å²) < 4.78 is 25.9. The minimum atomic E-state index is -1.32. The summed E-state index contributed by atoms with van der Waals surface area (Å²) in [6.45, 7) is 0.552. The van der Waals surface area contributed by atoms with E-state index in [9.17, 15) is 9.35 Å². The molecule has 0 saturated heterocycles. The average Bonchev–Trinajstić information content (AvgIpc) is 3.00. The summed E-state index contributed by atoms with van der Waals surface area (Å²) in [5, 5.41) is 2.77. The van der Waals surface area contributed by atoms with E-state index < -0.39 is 11.4 Å². The summed E-state index contributed by atoms with van der Waals surface area (Å²) in [4.78, 5) is 12.1. The highest BCUT2D eigenvalue weighted by Gasteiger charge is 2.21. The van der Waals surface area contributed by atoms with Crippen molar-refractivity contribution in [2.75, 3.05) is 26.1 Å². The lowest BCUT2D eigenvalue weighted by Crippen LogP contribution is -2.26. The number of carbonyl (C=O) groups excluding carboxylic acids is 1. The van der Waals surface area contributed by atoms with Crippen LogP contribution < -0.4 is 19.5 Å². The van der Waals surface area contributed by atoms with Crippen LogP contribution in [0.15, 0.2) is 41.3 Å². The van der Waals surface area contributed by atoms with E-state index >= 15 is 0 Å². The van der Waals surface area contributed by atoms with E-state index in [1.165, 1.54) is 0 Å². The van der Waals surface area contributed by atoms with E-state index in [1.807, 2.05) is 24.3 Å². The summed E-state index contributed by atoms with van der Waals surface area (Å²) in [6.07, 6.45) is 1.04. The first-order valence-electron chi connectivity index (χ1n) is 7.89. The monoisotopic (exact) mass is 360 g/mol. The molecule has 25 heavy (non-hydrogen) atoms. The molecule has 1 aliphatic rings. The van der Waals surface area contributed by atoms with E-state index in [1.54, 1.807) is 26.4 Å². The molecule has 1 amide bonds. The molecule has 2 aromatic carbocycles. The van der Waals surface area contributed by atoms with Gasteiger partial charge < -0.3 is 19.3 Å². The Morgan fingerprint density at radius 2 is 1.96 bits per heavy atom. The van der Waals surface area contributed by atoms with Crippen LogP contribution in [0.3, 0.4) is 0 Å². The summed E-state index contributed by atoms with van der Waals surface area (Å²) in [5.41, 5.74) is 2.75. The number of benzene rings is 2. The van der Waals surface area contributed by atoms with E-state index in [0.29, 0.717) is 35.8 Å². The van der Waals surface area contributed by atoms with Crippen LogP contribution in [0.2, 0.25) is 0 Å². The Kier molecular flexibility index (Phi) is 5.47. The molecule has 0 aromatic heterocycles. The molecule has 1 unspecified atom stereocenters. The van der Waals surface area contributed by atoms with Gasteiger partial charge in [-0.2, -0.15) is 0 Å². The molecule has 0 fully saturated rings. The minimum Gasteiger partial charge on any atom is -0.593 e. The third-order valence-electron chi connectivity index (χ3n) is 4.01. The lowest BCUT2D eigenvalue weighted by atomic mass is 10.1.